The Morgan fingerprint density at radius 3 is 1.26 bits per heavy atom. The van der Waals surface area contributed by atoms with Gasteiger partial charge in [0, 0.05) is 13.1 Å². The van der Waals surface area contributed by atoms with Crippen molar-refractivity contribution in [1.29, 1.82) is 0 Å². The van der Waals surface area contributed by atoms with E-state index in [1.54, 1.807) is 0 Å². The Balaban J connectivity index is 0.000000450. The monoisotopic (exact) mass is 675 g/mol. The van der Waals surface area contributed by atoms with Gasteiger partial charge < -0.3 is 60.3 Å². The molecule has 2 N–H and O–H groups in total. The van der Waals surface area contributed by atoms with Crippen LogP contribution in [0.2, 0.25) is 0 Å². The Hall–Kier alpha value is -1.33. The van der Waals surface area contributed by atoms with E-state index < -0.39 is 18.8 Å². The van der Waals surface area contributed by atoms with Gasteiger partial charge in [0.15, 0.2) is 0 Å². The molecule has 34 heavy (non-hydrogen) atoms. The van der Waals surface area contributed by atoms with E-state index in [0.29, 0.717) is 21.7 Å². The summed E-state index contributed by atoms with van der Waals surface area (Å²) in [6.07, 6.45) is 0. The molecular formula is C24H24MnN2O2S4Sn. The Morgan fingerprint density at radius 2 is 1.03 bits per heavy atom. The van der Waals surface area contributed by atoms with E-state index in [0.717, 1.165) is 10.7 Å². The van der Waals surface area contributed by atoms with Gasteiger partial charge in [-0.2, -0.15) is 0 Å². The first-order chi connectivity index (χ1) is 15.9. The molecule has 0 heterocycles. The van der Waals surface area contributed by atoms with Crippen LogP contribution in [0.1, 0.15) is 6.92 Å². The number of carbonyl (C=O) groups is 1. The zero-order valence-electron chi connectivity index (χ0n) is 18.4. The molecule has 177 valence electrons. The Kier molecular flexibility index (Phi) is 14.8. The van der Waals surface area contributed by atoms with Gasteiger partial charge in [-0.1, -0.05) is 8.64 Å². The molecule has 0 unspecified atom stereocenters. The van der Waals surface area contributed by atoms with E-state index in [-0.39, 0.29) is 23.0 Å². The number of thiocarbonyl (C=S) groups is 2. The second-order valence-corrected chi connectivity index (χ2v) is 18.4. The third-order valence-corrected chi connectivity index (χ3v) is 16.6. The minimum absolute atomic E-state index is 0. The summed E-state index contributed by atoms with van der Waals surface area (Å²) in [4.78, 5) is 12.0. The van der Waals surface area contributed by atoms with Gasteiger partial charge in [-0.05, 0) is 0 Å². The second-order valence-electron chi connectivity index (χ2n) is 6.80. The van der Waals surface area contributed by atoms with Crippen LogP contribution in [0.5, 0.6) is 0 Å². The van der Waals surface area contributed by atoms with Gasteiger partial charge >= 0.3 is 158 Å². The van der Waals surface area contributed by atoms with Gasteiger partial charge in [-0.25, -0.2) is 0 Å². The molecule has 0 aliphatic carbocycles. The molecule has 0 saturated heterocycles. The van der Waals surface area contributed by atoms with Crippen molar-refractivity contribution in [2.24, 2.45) is 0 Å². The quantitative estimate of drug-likeness (QED) is 0.171. The summed E-state index contributed by atoms with van der Waals surface area (Å²) in [5, 5.41) is 5.56. The number of benzene rings is 3. The van der Waals surface area contributed by atoms with Crippen LogP contribution in [0.25, 0.3) is 0 Å². The molecule has 3 rings (SSSR count). The maximum atomic E-state index is 12.0. The molecule has 0 fully saturated rings. The molecule has 0 bridgehead atoms. The largest absolute Gasteiger partial charge is 2.00 e. The van der Waals surface area contributed by atoms with Crippen molar-refractivity contribution in [3.05, 3.63) is 91.0 Å². The van der Waals surface area contributed by atoms with Crippen molar-refractivity contribution in [2.75, 3.05) is 13.1 Å². The van der Waals surface area contributed by atoms with E-state index in [1.807, 2.05) is 54.6 Å². The maximum Gasteiger partial charge on any atom is 2.00 e. The summed E-state index contributed by atoms with van der Waals surface area (Å²) in [5.74, 6) is -0.225. The van der Waals surface area contributed by atoms with Gasteiger partial charge in [-0.15, -0.1) is 0 Å². The molecule has 1 radical (unpaired) electrons. The van der Waals surface area contributed by atoms with Gasteiger partial charge in [0.25, 0.3) is 0 Å². The SMILES string of the molecule is CC(=O)[O][Sn]([c]1ccccc1)([c]1ccccc1)[c]1ccccc1.S=C([S-])NCCNC(=S)[S-].[Mn+2]. The Morgan fingerprint density at radius 1 is 0.735 bits per heavy atom. The predicted octanol–water partition coefficient (Wildman–Crippen LogP) is 2.04. The minimum atomic E-state index is -3.80. The first-order valence-corrected chi connectivity index (χ1v) is 17.2. The van der Waals surface area contributed by atoms with Crippen LogP contribution in [0.3, 0.4) is 0 Å². The van der Waals surface area contributed by atoms with Gasteiger partial charge in [0.1, 0.15) is 0 Å². The summed E-state index contributed by atoms with van der Waals surface area (Å²) >= 11 is 14.6. The number of hydrogen-bond acceptors (Lipinski definition) is 6. The van der Waals surface area contributed by atoms with Crippen molar-refractivity contribution in [1.82, 2.24) is 10.6 Å². The van der Waals surface area contributed by atoms with E-state index in [9.17, 15) is 4.79 Å². The van der Waals surface area contributed by atoms with E-state index >= 15 is 0 Å². The third-order valence-electron chi connectivity index (χ3n) is 4.50. The molecule has 10 heteroatoms. The average molecular weight is 674 g/mol. The van der Waals surface area contributed by atoms with Crippen LogP contribution < -0.4 is 21.4 Å². The number of hydrogen-bond donors (Lipinski definition) is 2. The molecule has 0 aliphatic rings. The van der Waals surface area contributed by atoms with Gasteiger partial charge in [0.2, 0.25) is 0 Å². The van der Waals surface area contributed by atoms with Crippen LogP contribution in [0.15, 0.2) is 91.0 Å². The fraction of sp³-hybridized carbons (Fsp3) is 0.125. The van der Waals surface area contributed by atoms with Crippen LogP contribution in [0.4, 0.5) is 0 Å². The molecule has 0 amide bonds. The summed E-state index contributed by atoms with van der Waals surface area (Å²) in [5.41, 5.74) is 0. The van der Waals surface area contributed by atoms with E-state index in [1.165, 1.54) is 6.92 Å². The zero-order chi connectivity index (χ0) is 24.1. The molecule has 4 nitrogen and oxygen atoms in total. The fourth-order valence-corrected chi connectivity index (χ4v) is 14.4. The molecule has 0 atom stereocenters. The van der Waals surface area contributed by atoms with Gasteiger partial charge in [0.05, 0.1) is 0 Å². The number of nitrogens with one attached hydrogen (secondary N) is 2. The average Bonchev–Trinajstić information content (AvgIpc) is 2.82. The van der Waals surface area contributed by atoms with Crippen LogP contribution in [-0.2, 0) is 50.2 Å². The molecule has 3 aromatic carbocycles. The first kappa shape index (κ1) is 30.7. The topological polar surface area (TPSA) is 50.4 Å². The summed E-state index contributed by atoms with van der Waals surface area (Å²) in [6, 6.07) is 30.5. The number of carbonyl (C=O) groups excluding carboxylic acids is 1. The number of rotatable bonds is 7. The second kappa shape index (κ2) is 16.4. The molecule has 3 aromatic rings. The molecule has 0 aromatic heterocycles. The van der Waals surface area contributed by atoms with Crippen molar-refractivity contribution < 1.29 is 24.9 Å². The van der Waals surface area contributed by atoms with Crippen molar-refractivity contribution in [2.45, 2.75) is 6.92 Å². The van der Waals surface area contributed by atoms with Crippen LogP contribution in [0, 0.1) is 0 Å². The fourth-order valence-electron chi connectivity index (χ4n) is 3.24. The van der Waals surface area contributed by atoms with E-state index in [2.05, 4.69) is 96.7 Å². The molecule has 0 spiro atoms. The Bertz CT molecular complexity index is 932. The molecular weight excluding hydrogens is 650 g/mol. The smallest absolute Gasteiger partial charge is 0.412 e. The van der Waals surface area contributed by atoms with Gasteiger partial charge in [-0.3, -0.25) is 0 Å². The summed E-state index contributed by atoms with van der Waals surface area (Å²) in [6.45, 7) is 2.83. The zero-order valence-corrected chi connectivity index (χ0v) is 25.7. The molecule has 0 aliphatic heterocycles. The standard InChI is InChI=1S/3C6H5.C4H8N2S4.C2H4O2.Mn.Sn/c3*1-2-4-6-5-3-1;7-3(8)5-1-2-6-4(9)10;1-2(3)4;;/h3*1-5H;1-2H2,(H2,5,7,8)(H2,6,9,10);1H3,(H,3,4);;/q;;;;;+2;+1/p-3. The maximum absolute atomic E-state index is 12.0. The molecule has 0 saturated carbocycles. The van der Waals surface area contributed by atoms with Crippen LogP contribution in [-0.4, -0.2) is 46.5 Å². The van der Waals surface area contributed by atoms with Crippen molar-refractivity contribution in [3.63, 3.8) is 0 Å². The van der Waals surface area contributed by atoms with E-state index in [4.69, 9.17) is 3.07 Å². The Labute approximate surface area is 238 Å². The van der Waals surface area contributed by atoms with Crippen LogP contribution >= 0.6 is 24.4 Å². The summed E-state index contributed by atoms with van der Waals surface area (Å²) in [7, 11) is 0. The normalized spacial score (nSPS) is 9.91. The van der Waals surface area contributed by atoms with Crippen molar-refractivity contribution in [3.8, 4) is 0 Å². The third kappa shape index (κ3) is 9.73. The summed E-state index contributed by atoms with van der Waals surface area (Å²) < 4.78 is 10.3. The first-order valence-electron chi connectivity index (χ1n) is 10.1. The predicted molar refractivity (Wildman–Crippen MR) is 152 cm³/mol. The minimum Gasteiger partial charge on any atom is -0.412 e. The van der Waals surface area contributed by atoms with Crippen molar-refractivity contribution >= 4 is 93.8 Å².